The van der Waals surface area contributed by atoms with E-state index in [1.54, 1.807) is 11.9 Å². The molecule has 2 heterocycles. The lowest BCUT2D eigenvalue weighted by atomic mass is 10.3. The number of aromatic nitrogens is 2. The minimum atomic E-state index is 0.102. The van der Waals surface area contributed by atoms with Crippen LogP contribution in [0.15, 0.2) is 0 Å². The van der Waals surface area contributed by atoms with Gasteiger partial charge in [-0.3, -0.25) is 4.79 Å². The molecule has 1 aliphatic rings. The van der Waals surface area contributed by atoms with Gasteiger partial charge in [0.1, 0.15) is 0 Å². The predicted molar refractivity (Wildman–Crippen MR) is 54.2 cm³/mol. The molecule has 14 heavy (non-hydrogen) atoms. The Morgan fingerprint density at radius 1 is 1.50 bits per heavy atom. The van der Waals surface area contributed by atoms with Gasteiger partial charge in [-0.05, 0) is 0 Å². The second-order valence-corrected chi connectivity index (χ2v) is 3.90. The van der Waals surface area contributed by atoms with Gasteiger partial charge in [-0.2, -0.15) is 9.36 Å². The molecule has 1 aliphatic heterocycles. The van der Waals surface area contributed by atoms with Gasteiger partial charge in [-0.15, -0.1) is 0 Å². The average molecular weight is 213 g/mol. The summed E-state index contributed by atoms with van der Waals surface area (Å²) in [6.07, 6.45) is 0. The van der Waals surface area contributed by atoms with Crippen molar-refractivity contribution in [2.45, 2.75) is 0 Å². The van der Waals surface area contributed by atoms with Crippen molar-refractivity contribution in [2.24, 2.45) is 0 Å². The molecule has 1 fully saturated rings. The van der Waals surface area contributed by atoms with E-state index in [0.29, 0.717) is 6.54 Å². The van der Waals surface area contributed by atoms with E-state index >= 15 is 0 Å². The molecule has 2 rings (SSSR count). The van der Waals surface area contributed by atoms with Crippen molar-refractivity contribution in [3.63, 3.8) is 0 Å². The fraction of sp³-hybridized carbons (Fsp3) is 0.571. The fourth-order valence-corrected chi connectivity index (χ4v) is 1.90. The highest BCUT2D eigenvalue weighted by Crippen LogP contribution is 2.19. The number of carbonyl (C=O) groups excluding carboxylic acids is 1. The SMILES string of the molecule is CN1CCN(c2nc(N)ns2)CC1=O. The number of likely N-dealkylation sites (N-methyl/N-ethyl adjacent to an activating group) is 1. The monoisotopic (exact) mass is 213 g/mol. The van der Waals surface area contributed by atoms with Gasteiger partial charge in [0.05, 0.1) is 6.54 Å². The van der Waals surface area contributed by atoms with Gasteiger partial charge >= 0.3 is 0 Å². The maximum absolute atomic E-state index is 11.4. The van der Waals surface area contributed by atoms with Crippen LogP contribution in [-0.4, -0.2) is 46.8 Å². The van der Waals surface area contributed by atoms with Crippen LogP contribution in [0.2, 0.25) is 0 Å². The summed E-state index contributed by atoms with van der Waals surface area (Å²) < 4.78 is 3.88. The zero-order valence-electron chi connectivity index (χ0n) is 7.80. The van der Waals surface area contributed by atoms with Crippen molar-refractivity contribution < 1.29 is 4.79 Å². The normalized spacial score (nSPS) is 17.6. The number of amides is 1. The molecule has 0 atom stereocenters. The molecule has 1 saturated heterocycles. The maximum Gasteiger partial charge on any atom is 0.241 e. The Labute approximate surface area is 85.5 Å². The molecule has 1 aromatic rings. The lowest BCUT2D eigenvalue weighted by Gasteiger charge is -2.31. The molecule has 0 unspecified atom stereocenters. The minimum absolute atomic E-state index is 0.102. The highest BCUT2D eigenvalue weighted by Gasteiger charge is 2.23. The summed E-state index contributed by atoms with van der Waals surface area (Å²) in [6.45, 7) is 1.88. The van der Waals surface area contributed by atoms with Gasteiger partial charge in [0.25, 0.3) is 0 Å². The van der Waals surface area contributed by atoms with Gasteiger partial charge in [0.2, 0.25) is 17.0 Å². The Morgan fingerprint density at radius 3 is 2.86 bits per heavy atom. The summed E-state index contributed by atoms with van der Waals surface area (Å²) in [4.78, 5) is 19.0. The largest absolute Gasteiger partial charge is 0.367 e. The Hall–Kier alpha value is -1.37. The number of hydrogen-bond acceptors (Lipinski definition) is 6. The summed E-state index contributed by atoms with van der Waals surface area (Å²) in [5.41, 5.74) is 5.41. The van der Waals surface area contributed by atoms with E-state index in [1.807, 2.05) is 4.90 Å². The number of nitrogens with two attached hydrogens (primary N) is 1. The van der Waals surface area contributed by atoms with Crippen LogP contribution in [0.3, 0.4) is 0 Å². The van der Waals surface area contributed by atoms with E-state index in [9.17, 15) is 4.79 Å². The molecule has 6 nitrogen and oxygen atoms in total. The molecule has 0 aromatic carbocycles. The van der Waals surface area contributed by atoms with E-state index < -0.39 is 0 Å². The second kappa shape index (κ2) is 3.41. The number of piperazine rings is 1. The molecule has 0 bridgehead atoms. The third-order valence-corrected chi connectivity index (χ3v) is 2.95. The zero-order valence-corrected chi connectivity index (χ0v) is 8.62. The smallest absolute Gasteiger partial charge is 0.241 e. The van der Waals surface area contributed by atoms with E-state index in [-0.39, 0.29) is 11.9 Å². The third-order valence-electron chi connectivity index (χ3n) is 2.16. The van der Waals surface area contributed by atoms with Gasteiger partial charge in [0.15, 0.2) is 0 Å². The standard InChI is InChI=1S/C7H11N5OS/c1-11-2-3-12(4-5(11)13)7-9-6(8)10-14-7/h2-4H2,1H3,(H2,8,10). The molecule has 7 heteroatoms. The molecular weight excluding hydrogens is 202 g/mol. The zero-order chi connectivity index (χ0) is 10.1. The molecule has 2 N–H and O–H groups in total. The molecular formula is C7H11N5OS. The molecule has 0 radical (unpaired) electrons. The van der Waals surface area contributed by atoms with Crippen molar-refractivity contribution in [1.29, 1.82) is 0 Å². The van der Waals surface area contributed by atoms with Crippen molar-refractivity contribution in [3.05, 3.63) is 0 Å². The van der Waals surface area contributed by atoms with Crippen LogP contribution >= 0.6 is 11.5 Å². The molecule has 0 saturated carbocycles. The first kappa shape index (κ1) is 9.20. The second-order valence-electron chi connectivity index (χ2n) is 3.17. The Bertz CT molecular complexity index is 352. The van der Waals surface area contributed by atoms with Crippen molar-refractivity contribution >= 4 is 28.5 Å². The summed E-state index contributed by atoms with van der Waals surface area (Å²) in [6, 6.07) is 0. The third kappa shape index (κ3) is 1.63. The number of carbonyl (C=O) groups is 1. The van der Waals surface area contributed by atoms with Crippen LogP contribution in [-0.2, 0) is 4.79 Å². The predicted octanol–water partition coefficient (Wildman–Crippen LogP) is -0.601. The van der Waals surface area contributed by atoms with Gasteiger partial charge in [-0.1, -0.05) is 0 Å². The summed E-state index contributed by atoms with van der Waals surface area (Å²) in [7, 11) is 1.80. The van der Waals surface area contributed by atoms with Crippen LogP contribution in [0.4, 0.5) is 11.1 Å². The van der Waals surface area contributed by atoms with E-state index in [0.717, 1.165) is 18.2 Å². The summed E-state index contributed by atoms with van der Waals surface area (Å²) in [5.74, 6) is 0.376. The van der Waals surface area contributed by atoms with Gasteiger partial charge in [-0.25, -0.2) is 0 Å². The Kier molecular flexibility index (Phi) is 2.24. The number of nitrogen functional groups attached to an aromatic ring is 1. The van der Waals surface area contributed by atoms with E-state index in [2.05, 4.69) is 9.36 Å². The first-order valence-corrected chi connectivity index (χ1v) is 5.02. The molecule has 76 valence electrons. The number of hydrogen-bond donors (Lipinski definition) is 1. The van der Waals surface area contributed by atoms with Crippen LogP contribution in [0.1, 0.15) is 0 Å². The van der Waals surface area contributed by atoms with Crippen LogP contribution < -0.4 is 10.6 Å². The van der Waals surface area contributed by atoms with Gasteiger partial charge in [0, 0.05) is 31.7 Å². The van der Waals surface area contributed by atoms with Crippen LogP contribution in [0.25, 0.3) is 0 Å². The molecule has 1 amide bonds. The van der Waals surface area contributed by atoms with E-state index in [1.165, 1.54) is 11.5 Å². The maximum atomic E-state index is 11.4. The lowest BCUT2D eigenvalue weighted by Crippen LogP contribution is -2.48. The van der Waals surface area contributed by atoms with Crippen molar-refractivity contribution in [3.8, 4) is 0 Å². The number of rotatable bonds is 1. The van der Waals surface area contributed by atoms with Crippen molar-refractivity contribution in [2.75, 3.05) is 37.3 Å². The molecule has 0 aliphatic carbocycles. The van der Waals surface area contributed by atoms with E-state index in [4.69, 9.17) is 5.73 Å². The average Bonchev–Trinajstić information content (AvgIpc) is 2.57. The topological polar surface area (TPSA) is 75.3 Å². The first-order chi connectivity index (χ1) is 6.66. The summed E-state index contributed by atoms with van der Waals surface area (Å²) >= 11 is 1.23. The van der Waals surface area contributed by atoms with Gasteiger partial charge < -0.3 is 15.5 Å². The van der Waals surface area contributed by atoms with Crippen LogP contribution in [0.5, 0.6) is 0 Å². The number of nitrogens with zero attached hydrogens (tertiary/aromatic N) is 4. The fourth-order valence-electron chi connectivity index (χ4n) is 1.28. The lowest BCUT2D eigenvalue weighted by molar-refractivity contribution is -0.129. The quantitative estimate of drug-likeness (QED) is 0.674. The van der Waals surface area contributed by atoms with Crippen molar-refractivity contribution in [1.82, 2.24) is 14.3 Å². The summed E-state index contributed by atoms with van der Waals surface area (Å²) in [5, 5.41) is 0.726. The minimum Gasteiger partial charge on any atom is -0.367 e. The first-order valence-electron chi connectivity index (χ1n) is 4.25. The Balaban J connectivity index is 2.10. The Morgan fingerprint density at radius 2 is 2.29 bits per heavy atom. The highest BCUT2D eigenvalue weighted by atomic mass is 32.1. The molecule has 0 spiro atoms. The number of anilines is 2. The molecule has 1 aromatic heterocycles. The highest BCUT2D eigenvalue weighted by molar-refractivity contribution is 7.09. The van der Waals surface area contributed by atoms with Crippen LogP contribution in [0, 0.1) is 0 Å².